The second-order valence-corrected chi connectivity index (χ2v) is 5.50. The van der Waals surface area contributed by atoms with Crippen LogP contribution in [0.2, 0.25) is 0 Å². The summed E-state index contributed by atoms with van der Waals surface area (Å²) in [6, 6.07) is 9.34. The topological polar surface area (TPSA) is 55.7 Å². The summed E-state index contributed by atoms with van der Waals surface area (Å²) in [5.74, 6) is 1.22. The van der Waals surface area contributed by atoms with E-state index in [-0.39, 0.29) is 12.1 Å². The van der Waals surface area contributed by atoms with E-state index in [1.807, 2.05) is 17.9 Å². The van der Waals surface area contributed by atoms with E-state index in [9.17, 15) is 4.79 Å². The Bertz CT molecular complexity index is 711. The number of aromatic nitrogens is 1. The predicted octanol–water partition coefficient (Wildman–Crippen LogP) is 3.11. The van der Waals surface area contributed by atoms with Crippen LogP contribution in [0.3, 0.4) is 0 Å². The van der Waals surface area contributed by atoms with Crippen molar-refractivity contribution < 1.29 is 14.3 Å². The summed E-state index contributed by atoms with van der Waals surface area (Å²) in [5.41, 5.74) is 1.83. The molecule has 122 valence electrons. The van der Waals surface area contributed by atoms with Crippen molar-refractivity contribution in [3.05, 3.63) is 42.2 Å². The zero-order valence-electron chi connectivity index (χ0n) is 13.6. The lowest BCUT2D eigenvalue weighted by Crippen LogP contribution is -2.42. The van der Waals surface area contributed by atoms with Crippen molar-refractivity contribution >= 4 is 11.7 Å². The minimum absolute atomic E-state index is 0.0406. The molecule has 0 fully saturated rings. The van der Waals surface area contributed by atoms with Crippen LogP contribution in [-0.2, 0) is 6.54 Å². The van der Waals surface area contributed by atoms with Gasteiger partial charge in [-0.25, -0.2) is 4.79 Å². The van der Waals surface area contributed by atoms with E-state index in [1.165, 1.54) is 0 Å². The molecule has 1 aromatic heterocycles. The molecule has 1 aromatic carbocycles. The number of anilines is 1. The van der Waals surface area contributed by atoms with Crippen LogP contribution in [0.25, 0.3) is 0 Å². The fourth-order valence-corrected chi connectivity index (χ4v) is 2.97. The second-order valence-electron chi connectivity index (χ2n) is 5.50. The number of nitrogens with one attached hydrogen (secondary N) is 1. The predicted molar refractivity (Wildman–Crippen MR) is 88.1 cm³/mol. The molecule has 0 unspecified atom stereocenters. The van der Waals surface area contributed by atoms with E-state index in [0.29, 0.717) is 23.7 Å². The number of hydrogen-bond donors (Lipinski definition) is 1. The SMILES string of the molecule is COc1ccc(NC(=O)N2CCn3cccc3[C@H]2C)cc1OC. The molecule has 2 heterocycles. The van der Waals surface area contributed by atoms with Crippen molar-refractivity contribution in [2.75, 3.05) is 26.1 Å². The molecule has 3 rings (SSSR count). The number of amides is 2. The summed E-state index contributed by atoms with van der Waals surface area (Å²) in [7, 11) is 3.16. The third kappa shape index (κ3) is 2.84. The first-order chi connectivity index (χ1) is 11.1. The van der Waals surface area contributed by atoms with Crippen molar-refractivity contribution in [2.45, 2.75) is 19.5 Å². The Labute approximate surface area is 135 Å². The molecule has 0 aliphatic carbocycles. The van der Waals surface area contributed by atoms with E-state index in [1.54, 1.807) is 32.4 Å². The minimum atomic E-state index is -0.114. The summed E-state index contributed by atoms with van der Waals surface area (Å²) < 4.78 is 12.7. The summed E-state index contributed by atoms with van der Waals surface area (Å²) in [6.45, 7) is 3.53. The van der Waals surface area contributed by atoms with Gasteiger partial charge in [0.25, 0.3) is 0 Å². The number of ether oxygens (including phenoxy) is 2. The Morgan fingerprint density at radius 1 is 1.17 bits per heavy atom. The third-order valence-corrected chi connectivity index (χ3v) is 4.24. The van der Waals surface area contributed by atoms with Gasteiger partial charge in [-0.2, -0.15) is 0 Å². The first-order valence-corrected chi connectivity index (χ1v) is 7.58. The van der Waals surface area contributed by atoms with Gasteiger partial charge in [-0.1, -0.05) is 0 Å². The average molecular weight is 315 g/mol. The van der Waals surface area contributed by atoms with Crippen LogP contribution in [0.5, 0.6) is 11.5 Å². The molecule has 6 nitrogen and oxygen atoms in total. The summed E-state index contributed by atoms with van der Waals surface area (Å²) in [4.78, 5) is 14.4. The monoisotopic (exact) mass is 315 g/mol. The number of benzene rings is 1. The summed E-state index contributed by atoms with van der Waals surface area (Å²) >= 11 is 0. The molecule has 6 heteroatoms. The first kappa shape index (κ1) is 15.3. The highest BCUT2D eigenvalue weighted by Crippen LogP contribution is 2.31. The van der Waals surface area contributed by atoms with Gasteiger partial charge in [0.15, 0.2) is 11.5 Å². The van der Waals surface area contributed by atoms with Crippen LogP contribution in [-0.4, -0.2) is 36.3 Å². The number of carbonyl (C=O) groups excluding carboxylic acids is 1. The molecular weight excluding hydrogens is 294 g/mol. The van der Waals surface area contributed by atoms with Crippen molar-refractivity contribution in [2.24, 2.45) is 0 Å². The molecule has 0 bridgehead atoms. The van der Waals surface area contributed by atoms with Gasteiger partial charge in [0.05, 0.1) is 20.3 Å². The lowest BCUT2D eigenvalue weighted by atomic mass is 10.1. The normalized spacial score (nSPS) is 16.7. The molecule has 0 spiro atoms. The van der Waals surface area contributed by atoms with Crippen LogP contribution < -0.4 is 14.8 Å². The van der Waals surface area contributed by atoms with Crippen LogP contribution in [0.4, 0.5) is 10.5 Å². The quantitative estimate of drug-likeness (QED) is 0.947. The lowest BCUT2D eigenvalue weighted by Gasteiger charge is -2.34. The van der Waals surface area contributed by atoms with Crippen LogP contribution >= 0.6 is 0 Å². The van der Waals surface area contributed by atoms with Crippen molar-refractivity contribution in [3.8, 4) is 11.5 Å². The fraction of sp³-hybridized carbons (Fsp3) is 0.353. The van der Waals surface area contributed by atoms with Gasteiger partial charge in [-0.3, -0.25) is 0 Å². The van der Waals surface area contributed by atoms with Crippen molar-refractivity contribution in [1.82, 2.24) is 9.47 Å². The highest BCUT2D eigenvalue weighted by atomic mass is 16.5. The standard InChI is InChI=1S/C17H21N3O3/c1-12-14-5-4-8-19(14)9-10-20(12)17(21)18-13-6-7-15(22-2)16(11-13)23-3/h4-8,11-12H,9-10H2,1-3H3,(H,18,21)/t12-/m1/s1. The molecule has 1 aliphatic heterocycles. The number of methoxy groups -OCH3 is 2. The number of carbonyl (C=O) groups is 1. The molecule has 2 amide bonds. The Morgan fingerprint density at radius 2 is 1.96 bits per heavy atom. The maximum absolute atomic E-state index is 12.6. The molecule has 0 saturated heterocycles. The van der Waals surface area contributed by atoms with Crippen molar-refractivity contribution in [1.29, 1.82) is 0 Å². The fourth-order valence-electron chi connectivity index (χ4n) is 2.97. The Kier molecular flexibility index (Phi) is 4.14. The second kappa shape index (κ2) is 6.24. The lowest BCUT2D eigenvalue weighted by molar-refractivity contribution is 0.175. The number of hydrogen-bond acceptors (Lipinski definition) is 3. The largest absolute Gasteiger partial charge is 0.493 e. The third-order valence-electron chi connectivity index (χ3n) is 4.24. The Hall–Kier alpha value is -2.63. The van der Waals surface area contributed by atoms with Crippen LogP contribution in [0.1, 0.15) is 18.7 Å². The molecule has 0 saturated carbocycles. The van der Waals surface area contributed by atoms with Gasteiger partial charge < -0.3 is 24.3 Å². The molecule has 1 atom stereocenters. The van der Waals surface area contributed by atoms with Crippen LogP contribution in [0.15, 0.2) is 36.5 Å². The van der Waals surface area contributed by atoms with E-state index in [4.69, 9.17) is 9.47 Å². The van der Waals surface area contributed by atoms with E-state index < -0.39 is 0 Å². The van der Waals surface area contributed by atoms with Gasteiger partial charge in [0, 0.05) is 36.7 Å². The van der Waals surface area contributed by atoms with Gasteiger partial charge >= 0.3 is 6.03 Å². The van der Waals surface area contributed by atoms with Gasteiger partial charge in [-0.05, 0) is 31.2 Å². The van der Waals surface area contributed by atoms with Crippen molar-refractivity contribution in [3.63, 3.8) is 0 Å². The molecule has 1 aliphatic rings. The maximum Gasteiger partial charge on any atom is 0.322 e. The van der Waals surface area contributed by atoms with E-state index in [0.717, 1.165) is 12.2 Å². The Morgan fingerprint density at radius 3 is 2.70 bits per heavy atom. The molecular formula is C17H21N3O3. The zero-order valence-corrected chi connectivity index (χ0v) is 13.6. The van der Waals surface area contributed by atoms with E-state index in [2.05, 4.69) is 22.1 Å². The average Bonchev–Trinajstić information content (AvgIpc) is 3.04. The van der Waals surface area contributed by atoms with Crippen LogP contribution in [0, 0.1) is 0 Å². The number of nitrogens with zero attached hydrogens (tertiary/aromatic N) is 2. The number of urea groups is 1. The van der Waals surface area contributed by atoms with Gasteiger partial charge in [-0.15, -0.1) is 0 Å². The molecule has 2 aromatic rings. The highest BCUT2D eigenvalue weighted by molar-refractivity contribution is 5.90. The van der Waals surface area contributed by atoms with Gasteiger partial charge in [0.2, 0.25) is 0 Å². The summed E-state index contributed by atoms with van der Waals surface area (Å²) in [6.07, 6.45) is 2.05. The molecule has 1 N–H and O–H groups in total. The maximum atomic E-state index is 12.6. The van der Waals surface area contributed by atoms with Gasteiger partial charge in [0.1, 0.15) is 0 Å². The number of fused-ring (bicyclic) bond motifs is 1. The summed E-state index contributed by atoms with van der Waals surface area (Å²) in [5, 5.41) is 2.93. The molecule has 23 heavy (non-hydrogen) atoms. The number of rotatable bonds is 3. The molecule has 0 radical (unpaired) electrons. The smallest absolute Gasteiger partial charge is 0.322 e. The minimum Gasteiger partial charge on any atom is -0.493 e. The highest BCUT2D eigenvalue weighted by Gasteiger charge is 2.27. The van der Waals surface area contributed by atoms with E-state index >= 15 is 0 Å². The zero-order chi connectivity index (χ0) is 16.4. The first-order valence-electron chi connectivity index (χ1n) is 7.58. The Balaban J connectivity index is 1.75.